The zero-order chi connectivity index (χ0) is 13.1. The number of hydrogen-bond donors (Lipinski definition) is 0. The van der Waals surface area contributed by atoms with Crippen LogP contribution in [-0.2, 0) is 9.53 Å². The highest BCUT2D eigenvalue weighted by Crippen LogP contribution is 2.35. The molecule has 1 aliphatic heterocycles. The first-order valence-electron chi connectivity index (χ1n) is 5.93. The first kappa shape index (κ1) is 13.4. The largest absolute Gasteiger partial charge is 0.385 e. The summed E-state index contributed by atoms with van der Waals surface area (Å²) in [5, 5.41) is 0. The van der Waals surface area contributed by atoms with Gasteiger partial charge < -0.3 is 14.5 Å². The van der Waals surface area contributed by atoms with Crippen molar-refractivity contribution < 1.29 is 9.53 Å². The number of benzene rings is 1. The van der Waals surface area contributed by atoms with Crippen LogP contribution in [-0.4, -0.2) is 39.8 Å². The summed E-state index contributed by atoms with van der Waals surface area (Å²) in [5.74, 6) is 0.138. The topological polar surface area (TPSA) is 32.8 Å². The van der Waals surface area contributed by atoms with E-state index in [9.17, 15) is 4.79 Å². The molecule has 0 aliphatic carbocycles. The van der Waals surface area contributed by atoms with Crippen molar-refractivity contribution in [1.82, 2.24) is 0 Å². The molecule has 0 fully saturated rings. The van der Waals surface area contributed by atoms with E-state index in [0.29, 0.717) is 19.7 Å². The van der Waals surface area contributed by atoms with Crippen LogP contribution < -0.4 is 9.80 Å². The third kappa shape index (κ3) is 2.67. The van der Waals surface area contributed by atoms with Crippen molar-refractivity contribution >= 4 is 33.2 Å². The van der Waals surface area contributed by atoms with E-state index < -0.39 is 0 Å². The molecule has 98 valence electrons. The highest BCUT2D eigenvalue weighted by Gasteiger charge is 2.26. The second-order valence-corrected chi connectivity index (χ2v) is 5.30. The van der Waals surface area contributed by atoms with Gasteiger partial charge in [-0.1, -0.05) is 15.9 Å². The number of halogens is 1. The van der Waals surface area contributed by atoms with Crippen LogP contribution in [0.1, 0.15) is 6.42 Å². The van der Waals surface area contributed by atoms with E-state index in [1.54, 1.807) is 7.11 Å². The lowest BCUT2D eigenvalue weighted by Crippen LogP contribution is -2.44. The predicted molar refractivity (Wildman–Crippen MR) is 76.3 cm³/mol. The molecule has 0 saturated carbocycles. The Kier molecular flexibility index (Phi) is 4.24. The van der Waals surface area contributed by atoms with E-state index >= 15 is 0 Å². The number of amides is 1. The standard InChI is InChI=1S/C13H17BrN2O2/c1-15-9-13(17)16(6-3-7-18-2)12-8-10(14)4-5-11(12)15/h4-5,8H,3,6-7,9H2,1-2H3. The van der Waals surface area contributed by atoms with Crippen molar-refractivity contribution in [2.75, 3.05) is 43.7 Å². The molecule has 1 amide bonds. The molecule has 5 heteroatoms. The molecule has 1 aromatic rings. The van der Waals surface area contributed by atoms with Crippen molar-refractivity contribution in [3.05, 3.63) is 22.7 Å². The van der Waals surface area contributed by atoms with Gasteiger partial charge in [0, 0.05) is 31.8 Å². The number of carbonyl (C=O) groups excluding carboxylic acids is 1. The van der Waals surface area contributed by atoms with Crippen molar-refractivity contribution in [1.29, 1.82) is 0 Å². The number of rotatable bonds is 4. The fourth-order valence-corrected chi connectivity index (χ4v) is 2.50. The van der Waals surface area contributed by atoms with Crippen LogP contribution in [0.2, 0.25) is 0 Å². The van der Waals surface area contributed by atoms with Gasteiger partial charge in [0.2, 0.25) is 5.91 Å². The smallest absolute Gasteiger partial charge is 0.246 e. The van der Waals surface area contributed by atoms with Gasteiger partial charge in [0.1, 0.15) is 0 Å². The number of methoxy groups -OCH3 is 1. The summed E-state index contributed by atoms with van der Waals surface area (Å²) >= 11 is 3.46. The summed E-state index contributed by atoms with van der Waals surface area (Å²) in [5.41, 5.74) is 2.06. The number of likely N-dealkylation sites (N-methyl/N-ethyl adjacent to an activating group) is 1. The van der Waals surface area contributed by atoms with Crippen LogP contribution >= 0.6 is 15.9 Å². The van der Waals surface area contributed by atoms with Crippen molar-refractivity contribution in [3.8, 4) is 0 Å². The van der Waals surface area contributed by atoms with Crippen LogP contribution in [0.3, 0.4) is 0 Å². The monoisotopic (exact) mass is 312 g/mol. The fraction of sp³-hybridized carbons (Fsp3) is 0.462. The van der Waals surface area contributed by atoms with Gasteiger partial charge in [-0.2, -0.15) is 0 Å². The highest BCUT2D eigenvalue weighted by molar-refractivity contribution is 9.10. The molecule has 0 spiro atoms. The van der Waals surface area contributed by atoms with Crippen molar-refractivity contribution in [2.24, 2.45) is 0 Å². The minimum absolute atomic E-state index is 0.138. The SMILES string of the molecule is COCCCN1C(=O)CN(C)c2ccc(Br)cc21. The van der Waals surface area contributed by atoms with Crippen LogP contribution in [0.5, 0.6) is 0 Å². The number of ether oxygens (including phenoxy) is 1. The molecule has 1 aliphatic rings. The highest BCUT2D eigenvalue weighted by atomic mass is 79.9. The van der Waals surface area contributed by atoms with Gasteiger partial charge in [-0.05, 0) is 24.6 Å². The van der Waals surface area contributed by atoms with E-state index in [0.717, 1.165) is 22.3 Å². The third-order valence-electron chi connectivity index (χ3n) is 3.04. The Bertz CT molecular complexity index is 451. The second-order valence-electron chi connectivity index (χ2n) is 4.38. The summed E-state index contributed by atoms with van der Waals surface area (Å²) in [7, 11) is 3.62. The average molecular weight is 313 g/mol. The second kappa shape index (κ2) is 5.71. The maximum atomic E-state index is 12.1. The van der Waals surface area contributed by atoms with Gasteiger partial charge in [-0.15, -0.1) is 0 Å². The first-order chi connectivity index (χ1) is 8.63. The third-order valence-corrected chi connectivity index (χ3v) is 3.54. The van der Waals surface area contributed by atoms with Crippen LogP contribution in [0.25, 0.3) is 0 Å². The Morgan fingerprint density at radius 3 is 2.89 bits per heavy atom. The number of anilines is 2. The van der Waals surface area contributed by atoms with Gasteiger partial charge in [0.25, 0.3) is 0 Å². The van der Waals surface area contributed by atoms with Crippen LogP contribution in [0, 0.1) is 0 Å². The number of hydrogen-bond acceptors (Lipinski definition) is 3. The van der Waals surface area contributed by atoms with E-state index in [1.165, 1.54) is 0 Å². The lowest BCUT2D eigenvalue weighted by atomic mass is 10.1. The van der Waals surface area contributed by atoms with Crippen molar-refractivity contribution in [2.45, 2.75) is 6.42 Å². The van der Waals surface area contributed by atoms with Gasteiger partial charge >= 0.3 is 0 Å². The molecule has 2 rings (SSSR count). The summed E-state index contributed by atoms with van der Waals surface area (Å²) in [6.45, 7) is 1.80. The molecular weight excluding hydrogens is 296 g/mol. The van der Waals surface area contributed by atoms with Crippen molar-refractivity contribution in [3.63, 3.8) is 0 Å². The molecule has 0 radical (unpaired) electrons. The predicted octanol–water partition coefficient (Wildman–Crippen LogP) is 2.27. The zero-order valence-corrected chi connectivity index (χ0v) is 12.2. The Labute approximate surface area is 116 Å². The molecular formula is C13H17BrN2O2. The van der Waals surface area contributed by atoms with Gasteiger partial charge in [0.15, 0.2) is 0 Å². The van der Waals surface area contributed by atoms with Gasteiger partial charge in [-0.3, -0.25) is 4.79 Å². The lowest BCUT2D eigenvalue weighted by molar-refractivity contribution is -0.117. The van der Waals surface area contributed by atoms with Gasteiger partial charge in [-0.25, -0.2) is 0 Å². The molecule has 4 nitrogen and oxygen atoms in total. The maximum absolute atomic E-state index is 12.1. The van der Waals surface area contributed by atoms with Crippen LogP contribution in [0.4, 0.5) is 11.4 Å². The molecule has 18 heavy (non-hydrogen) atoms. The summed E-state index contributed by atoms with van der Waals surface area (Å²) < 4.78 is 6.03. The number of carbonyl (C=O) groups is 1. The number of nitrogens with zero attached hydrogens (tertiary/aromatic N) is 2. The van der Waals surface area contributed by atoms with Crippen LogP contribution in [0.15, 0.2) is 22.7 Å². The summed E-state index contributed by atoms with van der Waals surface area (Å²) in [6, 6.07) is 6.03. The normalized spacial score (nSPS) is 14.9. The minimum Gasteiger partial charge on any atom is -0.385 e. The molecule has 0 aromatic heterocycles. The Morgan fingerprint density at radius 1 is 1.39 bits per heavy atom. The molecule has 1 heterocycles. The quantitative estimate of drug-likeness (QED) is 0.800. The Balaban J connectivity index is 2.27. The van der Waals surface area contributed by atoms with Gasteiger partial charge in [0.05, 0.1) is 17.9 Å². The molecule has 0 N–H and O–H groups in total. The van der Waals surface area contributed by atoms with E-state index in [-0.39, 0.29) is 5.91 Å². The molecule has 1 aromatic carbocycles. The summed E-state index contributed by atoms with van der Waals surface area (Å²) in [6.07, 6.45) is 0.845. The van der Waals surface area contributed by atoms with E-state index in [2.05, 4.69) is 15.9 Å². The maximum Gasteiger partial charge on any atom is 0.246 e. The molecule has 0 saturated heterocycles. The van der Waals surface area contributed by atoms with E-state index in [4.69, 9.17) is 4.74 Å². The molecule has 0 bridgehead atoms. The number of fused-ring (bicyclic) bond motifs is 1. The Hall–Kier alpha value is -1.07. The fourth-order valence-electron chi connectivity index (χ4n) is 2.16. The van der Waals surface area contributed by atoms with E-state index in [1.807, 2.05) is 35.0 Å². The summed E-state index contributed by atoms with van der Waals surface area (Å²) in [4.78, 5) is 15.9. The molecule has 0 atom stereocenters. The zero-order valence-electron chi connectivity index (χ0n) is 10.6. The first-order valence-corrected chi connectivity index (χ1v) is 6.73. The lowest BCUT2D eigenvalue weighted by Gasteiger charge is -2.35. The average Bonchev–Trinajstić information content (AvgIpc) is 2.33. The molecule has 0 unspecified atom stereocenters. The minimum atomic E-state index is 0.138. The Morgan fingerprint density at radius 2 is 2.17 bits per heavy atom.